The van der Waals surface area contributed by atoms with Gasteiger partial charge in [-0.05, 0) is 32.3 Å². The SMILES string of the molecule is CC(O)c1ccccc1NC(=O)C1CC2CCC1N2. The number of anilines is 1. The van der Waals surface area contributed by atoms with Gasteiger partial charge < -0.3 is 15.7 Å². The lowest BCUT2D eigenvalue weighted by Crippen LogP contribution is -2.33. The summed E-state index contributed by atoms with van der Waals surface area (Å²) in [5.41, 5.74) is 1.50. The van der Waals surface area contributed by atoms with Crippen LogP contribution in [0.2, 0.25) is 0 Å². The van der Waals surface area contributed by atoms with Crippen molar-refractivity contribution in [1.82, 2.24) is 5.32 Å². The van der Waals surface area contributed by atoms with Gasteiger partial charge in [-0.1, -0.05) is 18.2 Å². The van der Waals surface area contributed by atoms with Crippen molar-refractivity contribution in [2.75, 3.05) is 5.32 Å². The molecule has 2 saturated heterocycles. The minimum Gasteiger partial charge on any atom is -0.389 e. The van der Waals surface area contributed by atoms with Crippen molar-refractivity contribution in [3.8, 4) is 0 Å². The Bertz CT molecular complexity index is 487. The van der Waals surface area contributed by atoms with Crippen molar-refractivity contribution in [3.63, 3.8) is 0 Å². The normalized spacial score (nSPS) is 30.3. The van der Waals surface area contributed by atoms with Gasteiger partial charge in [0, 0.05) is 23.3 Å². The molecule has 1 amide bonds. The zero-order chi connectivity index (χ0) is 13.4. The van der Waals surface area contributed by atoms with Gasteiger partial charge >= 0.3 is 0 Å². The number of aliphatic hydroxyl groups is 1. The lowest BCUT2D eigenvalue weighted by atomic mass is 9.88. The Labute approximate surface area is 113 Å². The Morgan fingerprint density at radius 3 is 2.84 bits per heavy atom. The van der Waals surface area contributed by atoms with Crippen molar-refractivity contribution in [3.05, 3.63) is 29.8 Å². The van der Waals surface area contributed by atoms with E-state index < -0.39 is 6.10 Å². The minimum atomic E-state index is -0.574. The number of hydrogen-bond donors (Lipinski definition) is 3. The molecular weight excluding hydrogens is 240 g/mol. The fourth-order valence-electron chi connectivity index (χ4n) is 3.31. The predicted octanol–water partition coefficient (Wildman–Crippen LogP) is 1.82. The van der Waals surface area contributed by atoms with Gasteiger partial charge in [0.05, 0.1) is 12.0 Å². The number of amides is 1. The fourth-order valence-corrected chi connectivity index (χ4v) is 3.31. The molecule has 2 bridgehead atoms. The summed E-state index contributed by atoms with van der Waals surface area (Å²) < 4.78 is 0. The van der Waals surface area contributed by atoms with Crippen LogP contribution in [-0.4, -0.2) is 23.1 Å². The van der Waals surface area contributed by atoms with E-state index >= 15 is 0 Å². The molecule has 4 heteroatoms. The first kappa shape index (κ1) is 12.6. The topological polar surface area (TPSA) is 61.4 Å². The van der Waals surface area contributed by atoms with Gasteiger partial charge in [0.2, 0.25) is 5.91 Å². The Balaban J connectivity index is 1.73. The smallest absolute Gasteiger partial charge is 0.229 e. The van der Waals surface area contributed by atoms with Crippen LogP contribution in [0, 0.1) is 5.92 Å². The van der Waals surface area contributed by atoms with E-state index in [-0.39, 0.29) is 11.8 Å². The summed E-state index contributed by atoms with van der Waals surface area (Å²) >= 11 is 0. The van der Waals surface area contributed by atoms with E-state index in [9.17, 15) is 9.90 Å². The minimum absolute atomic E-state index is 0.0702. The summed E-state index contributed by atoms with van der Waals surface area (Å²) in [6.45, 7) is 1.71. The first-order valence-electron chi connectivity index (χ1n) is 6.99. The molecule has 2 aliphatic rings. The monoisotopic (exact) mass is 260 g/mol. The third kappa shape index (κ3) is 2.38. The van der Waals surface area contributed by atoms with E-state index in [0.29, 0.717) is 12.1 Å². The molecule has 3 rings (SSSR count). The number of para-hydroxylation sites is 1. The van der Waals surface area contributed by atoms with Crippen molar-refractivity contribution in [2.45, 2.75) is 44.4 Å². The Morgan fingerprint density at radius 2 is 2.21 bits per heavy atom. The highest BCUT2D eigenvalue weighted by molar-refractivity contribution is 5.94. The maximum Gasteiger partial charge on any atom is 0.229 e. The van der Waals surface area contributed by atoms with Crippen LogP contribution in [0.4, 0.5) is 5.69 Å². The van der Waals surface area contributed by atoms with Crippen LogP contribution >= 0.6 is 0 Å². The number of hydrogen-bond acceptors (Lipinski definition) is 3. The molecule has 2 fully saturated rings. The third-order valence-electron chi connectivity index (χ3n) is 4.31. The van der Waals surface area contributed by atoms with Gasteiger partial charge in [0.15, 0.2) is 0 Å². The molecule has 1 aromatic rings. The second kappa shape index (κ2) is 4.94. The van der Waals surface area contributed by atoms with Crippen LogP contribution in [0.15, 0.2) is 24.3 Å². The standard InChI is InChI=1S/C15H20N2O2/c1-9(18)11-4-2-3-5-13(11)17-15(19)12-8-10-6-7-14(12)16-10/h2-5,9-10,12,14,16,18H,6-8H2,1H3,(H,17,19). The predicted molar refractivity (Wildman–Crippen MR) is 73.8 cm³/mol. The lowest BCUT2D eigenvalue weighted by molar-refractivity contribution is -0.120. The molecular formula is C15H20N2O2. The number of carbonyl (C=O) groups excluding carboxylic acids is 1. The second-order valence-corrected chi connectivity index (χ2v) is 5.64. The summed E-state index contributed by atoms with van der Waals surface area (Å²) in [7, 11) is 0. The summed E-state index contributed by atoms with van der Waals surface area (Å²) in [6, 6.07) is 8.30. The summed E-state index contributed by atoms with van der Waals surface area (Å²) in [5, 5.41) is 16.2. The number of rotatable bonds is 3. The first-order valence-corrected chi connectivity index (χ1v) is 6.99. The van der Waals surface area contributed by atoms with Gasteiger partial charge in [0.1, 0.15) is 0 Å². The summed E-state index contributed by atoms with van der Waals surface area (Å²) in [4.78, 5) is 12.3. The molecule has 0 spiro atoms. The summed E-state index contributed by atoms with van der Waals surface area (Å²) in [5.74, 6) is 0.147. The van der Waals surface area contributed by atoms with Crippen LogP contribution in [0.25, 0.3) is 0 Å². The fraction of sp³-hybridized carbons (Fsp3) is 0.533. The second-order valence-electron chi connectivity index (χ2n) is 5.64. The average Bonchev–Trinajstić information content (AvgIpc) is 3.01. The quantitative estimate of drug-likeness (QED) is 0.777. The highest BCUT2D eigenvalue weighted by atomic mass is 16.3. The molecule has 0 aromatic heterocycles. The van der Waals surface area contributed by atoms with E-state index in [4.69, 9.17) is 0 Å². The van der Waals surface area contributed by atoms with E-state index in [1.165, 1.54) is 6.42 Å². The molecule has 2 aliphatic heterocycles. The Hall–Kier alpha value is -1.39. The molecule has 1 aromatic carbocycles. The van der Waals surface area contributed by atoms with E-state index in [2.05, 4.69) is 10.6 Å². The molecule has 102 valence electrons. The summed E-state index contributed by atoms with van der Waals surface area (Å²) in [6.07, 6.45) is 2.65. The van der Waals surface area contributed by atoms with Gasteiger partial charge in [-0.15, -0.1) is 0 Å². The van der Waals surface area contributed by atoms with Gasteiger partial charge in [0.25, 0.3) is 0 Å². The number of aliphatic hydroxyl groups excluding tert-OH is 1. The number of carbonyl (C=O) groups is 1. The number of nitrogens with one attached hydrogen (secondary N) is 2. The first-order chi connectivity index (χ1) is 9.15. The molecule has 0 aliphatic carbocycles. The molecule has 4 atom stereocenters. The average molecular weight is 260 g/mol. The Kier molecular flexibility index (Phi) is 3.29. The molecule has 3 N–H and O–H groups in total. The largest absolute Gasteiger partial charge is 0.389 e. The lowest BCUT2D eigenvalue weighted by Gasteiger charge is -2.21. The van der Waals surface area contributed by atoms with Crippen LogP contribution in [-0.2, 0) is 4.79 Å². The van der Waals surface area contributed by atoms with Crippen molar-refractivity contribution in [2.24, 2.45) is 5.92 Å². The van der Waals surface area contributed by atoms with E-state index in [1.54, 1.807) is 6.92 Å². The van der Waals surface area contributed by atoms with Crippen molar-refractivity contribution >= 4 is 11.6 Å². The van der Waals surface area contributed by atoms with Crippen LogP contribution in [0.1, 0.15) is 37.9 Å². The van der Waals surface area contributed by atoms with Crippen LogP contribution in [0.3, 0.4) is 0 Å². The van der Waals surface area contributed by atoms with E-state index in [0.717, 1.165) is 24.1 Å². The molecule has 4 unspecified atom stereocenters. The maximum atomic E-state index is 12.3. The van der Waals surface area contributed by atoms with Crippen LogP contribution < -0.4 is 10.6 Å². The van der Waals surface area contributed by atoms with Crippen molar-refractivity contribution in [1.29, 1.82) is 0 Å². The van der Waals surface area contributed by atoms with E-state index in [1.807, 2.05) is 24.3 Å². The highest BCUT2D eigenvalue weighted by Crippen LogP contribution is 2.34. The number of fused-ring (bicyclic) bond motifs is 2. The molecule has 0 saturated carbocycles. The van der Waals surface area contributed by atoms with Gasteiger partial charge in [-0.3, -0.25) is 4.79 Å². The number of benzene rings is 1. The molecule has 2 heterocycles. The molecule has 19 heavy (non-hydrogen) atoms. The zero-order valence-corrected chi connectivity index (χ0v) is 11.1. The molecule has 4 nitrogen and oxygen atoms in total. The van der Waals surface area contributed by atoms with Gasteiger partial charge in [-0.25, -0.2) is 0 Å². The third-order valence-corrected chi connectivity index (χ3v) is 4.31. The highest BCUT2D eigenvalue weighted by Gasteiger charge is 2.42. The van der Waals surface area contributed by atoms with Crippen molar-refractivity contribution < 1.29 is 9.90 Å². The molecule has 0 radical (unpaired) electrons. The Morgan fingerprint density at radius 1 is 1.42 bits per heavy atom. The van der Waals surface area contributed by atoms with Gasteiger partial charge in [-0.2, -0.15) is 0 Å². The van der Waals surface area contributed by atoms with Crippen LogP contribution in [0.5, 0.6) is 0 Å². The maximum absolute atomic E-state index is 12.3. The zero-order valence-electron chi connectivity index (χ0n) is 11.1.